The van der Waals surface area contributed by atoms with Crippen LogP contribution in [0.25, 0.3) is 0 Å². The van der Waals surface area contributed by atoms with Crippen LogP contribution in [0.4, 0.5) is 0 Å². The first-order valence-corrected chi connectivity index (χ1v) is 7.08. The van der Waals surface area contributed by atoms with E-state index < -0.39 is 0 Å². The molecule has 0 bridgehead atoms. The molecule has 0 aliphatic heterocycles. The van der Waals surface area contributed by atoms with Gasteiger partial charge in [-0.3, -0.25) is 4.79 Å². The van der Waals surface area contributed by atoms with Gasteiger partial charge < -0.3 is 15.8 Å². The fraction of sp³-hybridized carbons (Fsp3) is 0.462. The summed E-state index contributed by atoms with van der Waals surface area (Å²) in [6.45, 7) is 0.503. The summed E-state index contributed by atoms with van der Waals surface area (Å²) in [4.78, 5) is 12.2. The van der Waals surface area contributed by atoms with Gasteiger partial charge in [0.15, 0.2) is 0 Å². The summed E-state index contributed by atoms with van der Waals surface area (Å²) in [5.41, 5.74) is 6.36. The zero-order valence-corrected chi connectivity index (χ0v) is 12.4. The Labute approximate surface area is 120 Å². The third kappa shape index (κ3) is 3.14. The molecule has 1 aliphatic rings. The number of nitrogens with one attached hydrogen (secondary N) is 1. The number of ether oxygens (including phenoxy) is 1. The molecule has 1 aromatic rings. The Bertz CT molecular complexity index is 447. The Morgan fingerprint density at radius 3 is 2.83 bits per heavy atom. The molecule has 1 unspecified atom stereocenters. The van der Waals surface area contributed by atoms with E-state index in [2.05, 4.69) is 27.9 Å². The SMILES string of the molecule is COc1ccc(C(=O)NC(CN)C2CC2)c(I)c1. The fourth-order valence-corrected chi connectivity index (χ4v) is 2.65. The highest BCUT2D eigenvalue weighted by molar-refractivity contribution is 14.1. The second-order valence-electron chi connectivity index (χ2n) is 4.50. The van der Waals surface area contributed by atoms with E-state index in [1.165, 1.54) is 12.8 Å². The maximum atomic E-state index is 12.2. The van der Waals surface area contributed by atoms with Gasteiger partial charge in [-0.1, -0.05) is 0 Å². The van der Waals surface area contributed by atoms with Gasteiger partial charge in [0, 0.05) is 16.2 Å². The van der Waals surface area contributed by atoms with Gasteiger partial charge in [0.1, 0.15) is 5.75 Å². The lowest BCUT2D eigenvalue weighted by molar-refractivity contribution is 0.0932. The van der Waals surface area contributed by atoms with Crippen LogP contribution in [0.3, 0.4) is 0 Å². The lowest BCUT2D eigenvalue weighted by atomic mass is 10.1. The number of rotatable bonds is 5. The number of halogens is 1. The van der Waals surface area contributed by atoms with Crippen molar-refractivity contribution >= 4 is 28.5 Å². The highest BCUT2D eigenvalue weighted by Gasteiger charge is 2.31. The summed E-state index contributed by atoms with van der Waals surface area (Å²) in [5, 5.41) is 3.01. The zero-order chi connectivity index (χ0) is 13.1. The molecule has 3 N–H and O–H groups in total. The largest absolute Gasteiger partial charge is 0.497 e. The Morgan fingerprint density at radius 1 is 1.61 bits per heavy atom. The molecule has 4 nitrogen and oxygen atoms in total. The molecule has 1 saturated carbocycles. The van der Waals surface area contributed by atoms with E-state index in [1.807, 2.05) is 6.07 Å². The van der Waals surface area contributed by atoms with Crippen molar-refractivity contribution in [1.82, 2.24) is 5.32 Å². The van der Waals surface area contributed by atoms with Gasteiger partial charge in [-0.05, 0) is 59.5 Å². The van der Waals surface area contributed by atoms with Crippen molar-refractivity contribution in [3.8, 4) is 5.75 Å². The lowest BCUT2D eigenvalue weighted by Gasteiger charge is -2.16. The summed E-state index contributed by atoms with van der Waals surface area (Å²) in [7, 11) is 1.61. The second-order valence-corrected chi connectivity index (χ2v) is 5.66. The number of methoxy groups -OCH3 is 1. The minimum absolute atomic E-state index is 0.0515. The lowest BCUT2D eigenvalue weighted by Crippen LogP contribution is -2.41. The molecule has 1 atom stereocenters. The van der Waals surface area contributed by atoms with E-state index in [-0.39, 0.29) is 11.9 Å². The van der Waals surface area contributed by atoms with Crippen molar-refractivity contribution in [2.45, 2.75) is 18.9 Å². The van der Waals surface area contributed by atoms with Crippen LogP contribution in [0.2, 0.25) is 0 Å². The van der Waals surface area contributed by atoms with Crippen molar-refractivity contribution in [3.05, 3.63) is 27.3 Å². The highest BCUT2D eigenvalue weighted by Crippen LogP contribution is 2.32. The summed E-state index contributed by atoms with van der Waals surface area (Å²) in [5.74, 6) is 1.27. The first kappa shape index (κ1) is 13.6. The Hall–Kier alpha value is -0.820. The first-order chi connectivity index (χ1) is 8.65. The molecular weight excluding hydrogens is 343 g/mol. The van der Waals surface area contributed by atoms with Gasteiger partial charge in [-0.15, -0.1) is 0 Å². The van der Waals surface area contributed by atoms with Gasteiger partial charge >= 0.3 is 0 Å². The molecule has 0 aromatic heterocycles. The summed E-state index contributed by atoms with van der Waals surface area (Å²) >= 11 is 2.14. The Kier molecular flexibility index (Phi) is 4.45. The molecule has 2 rings (SSSR count). The van der Waals surface area contributed by atoms with Gasteiger partial charge in [0.25, 0.3) is 5.91 Å². The smallest absolute Gasteiger partial charge is 0.252 e. The Morgan fingerprint density at radius 2 is 2.33 bits per heavy atom. The fourth-order valence-electron chi connectivity index (χ4n) is 1.92. The number of nitrogens with two attached hydrogens (primary N) is 1. The molecule has 0 spiro atoms. The van der Waals surface area contributed by atoms with Crippen LogP contribution in [-0.2, 0) is 0 Å². The molecule has 18 heavy (non-hydrogen) atoms. The molecule has 1 amide bonds. The molecule has 1 aliphatic carbocycles. The number of carbonyl (C=O) groups excluding carboxylic acids is 1. The van der Waals surface area contributed by atoms with Crippen LogP contribution < -0.4 is 15.8 Å². The third-order valence-corrected chi connectivity index (χ3v) is 4.07. The van der Waals surface area contributed by atoms with Crippen molar-refractivity contribution in [3.63, 3.8) is 0 Å². The van der Waals surface area contributed by atoms with E-state index in [1.54, 1.807) is 19.2 Å². The molecule has 1 fully saturated rings. The third-order valence-electron chi connectivity index (χ3n) is 3.18. The van der Waals surface area contributed by atoms with Gasteiger partial charge in [0.05, 0.1) is 12.7 Å². The summed E-state index contributed by atoms with van der Waals surface area (Å²) < 4.78 is 6.01. The summed E-state index contributed by atoms with van der Waals surface area (Å²) in [6.07, 6.45) is 2.34. The average Bonchev–Trinajstić information content (AvgIpc) is 3.19. The predicted molar refractivity (Wildman–Crippen MR) is 78.7 cm³/mol. The summed E-state index contributed by atoms with van der Waals surface area (Å²) in [6, 6.07) is 5.54. The number of hydrogen-bond acceptors (Lipinski definition) is 3. The molecule has 1 aromatic carbocycles. The molecule has 0 radical (unpaired) electrons. The van der Waals surface area contributed by atoms with E-state index in [4.69, 9.17) is 10.5 Å². The monoisotopic (exact) mass is 360 g/mol. The molecule has 0 saturated heterocycles. The maximum Gasteiger partial charge on any atom is 0.252 e. The van der Waals surface area contributed by atoms with E-state index in [9.17, 15) is 4.79 Å². The number of amides is 1. The van der Waals surface area contributed by atoms with Crippen LogP contribution in [0, 0.1) is 9.49 Å². The van der Waals surface area contributed by atoms with E-state index >= 15 is 0 Å². The molecule has 98 valence electrons. The standard InChI is InChI=1S/C13H17IN2O2/c1-18-9-4-5-10(11(14)6-9)13(17)16-12(7-15)8-2-3-8/h4-6,8,12H,2-3,7,15H2,1H3,(H,16,17). The zero-order valence-electron chi connectivity index (χ0n) is 10.3. The van der Waals surface area contributed by atoms with Crippen LogP contribution in [0.1, 0.15) is 23.2 Å². The van der Waals surface area contributed by atoms with Crippen LogP contribution >= 0.6 is 22.6 Å². The Balaban J connectivity index is 2.08. The molecule has 0 heterocycles. The number of hydrogen-bond donors (Lipinski definition) is 2. The quantitative estimate of drug-likeness (QED) is 0.787. The number of carbonyl (C=O) groups is 1. The van der Waals surface area contributed by atoms with Crippen molar-refractivity contribution < 1.29 is 9.53 Å². The average molecular weight is 360 g/mol. The van der Waals surface area contributed by atoms with Crippen molar-refractivity contribution in [2.24, 2.45) is 11.7 Å². The topological polar surface area (TPSA) is 64.3 Å². The van der Waals surface area contributed by atoms with Crippen LogP contribution in [0.5, 0.6) is 5.75 Å². The maximum absolute atomic E-state index is 12.2. The van der Waals surface area contributed by atoms with Crippen molar-refractivity contribution in [2.75, 3.05) is 13.7 Å². The highest BCUT2D eigenvalue weighted by atomic mass is 127. The van der Waals surface area contributed by atoms with Gasteiger partial charge in [0.2, 0.25) is 0 Å². The van der Waals surface area contributed by atoms with Crippen LogP contribution in [0.15, 0.2) is 18.2 Å². The molecular formula is C13H17IN2O2. The predicted octanol–water partition coefficient (Wildman–Crippen LogP) is 1.77. The second kappa shape index (κ2) is 5.88. The minimum atomic E-state index is -0.0515. The molecule has 5 heteroatoms. The van der Waals surface area contributed by atoms with Gasteiger partial charge in [-0.25, -0.2) is 0 Å². The number of benzene rings is 1. The normalized spacial score (nSPS) is 16.2. The van der Waals surface area contributed by atoms with Gasteiger partial charge in [-0.2, -0.15) is 0 Å². The van der Waals surface area contributed by atoms with Crippen LogP contribution in [-0.4, -0.2) is 25.6 Å². The van der Waals surface area contributed by atoms with E-state index in [0.29, 0.717) is 18.0 Å². The first-order valence-electron chi connectivity index (χ1n) is 6.00. The van der Waals surface area contributed by atoms with Crippen molar-refractivity contribution in [1.29, 1.82) is 0 Å². The minimum Gasteiger partial charge on any atom is -0.497 e. The van der Waals surface area contributed by atoms with E-state index in [0.717, 1.165) is 9.32 Å².